The standard InChI is InChI=1S/C30H34ClFN2O3.C23H22ClFN2O.C7H13BrO2.CH4/c31-25-11-9-24(10-12-25)29-22-33(21-23-6-2-1-3-7-23)15-16-34(29)28-14-13-26(20-27(28)32)35-18-19-37-30-8-4-5-17-36-30;24-19-8-6-18(7-9-19)23-16-26(15-17-4-2-1-3-5-17)12-13-27(23)22-11-10-20(28)14-21(22)25;8-4-6-10-7-3-1-2-5-9-7;/h1-3,6-7,9-14,20,29-30H,4-5,8,15-19,21-22H2;1-11,14,23,28H,12-13,15-16H2;7H,1-6H2;1H4/t29-,30?;23-;;/m00../s1. The van der Waals surface area contributed by atoms with Crippen LogP contribution in [-0.4, -0.2) is 105 Å². The molecule has 0 radical (unpaired) electrons. The number of phenols is 1. The van der Waals surface area contributed by atoms with E-state index >= 15 is 4.39 Å². The quantitative estimate of drug-likeness (QED) is 0.0748. The van der Waals surface area contributed by atoms with Crippen LogP contribution in [0.5, 0.6) is 11.5 Å². The second-order valence-electron chi connectivity index (χ2n) is 19.1. The summed E-state index contributed by atoms with van der Waals surface area (Å²) in [5.41, 5.74) is 5.84. The molecule has 0 aliphatic carbocycles. The third-order valence-corrected chi connectivity index (χ3v) is 14.5. The molecule has 4 saturated heterocycles. The van der Waals surface area contributed by atoms with Crippen molar-refractivity contribution in [2.75, 3.05) is 87.4 Å². The maximum absolute atomic E-state index is 15.4. The molecule has 1 N–H and O–H groups in total. The minimum atomic E-state index is -0.407. The maximum Gasteiger partial charge on any atom is 0.157 e. The third kappa shape index (κ3) is 17.9. The predicted octanol–water partition coefficient (Wildman–Crippen LogP) is 14.3. The lowest BCUT2D eigenvalue weighted by Gasteiger charge is -2.43. The number of alkyl halides is 1. The highest BCUT2D eigenvalue weighted by Gasteiger charge is 2.32. The van der Waals surface area contributed by atoms with Gasteiger partial charge in [-0.25, -0.2) is 8.78 Å². The molecular formula is C61H73BrCl2F2N4O6. The SMILES string of the molecule is BrCCOC1CCCCO1.C.Fc1cc(OCCOC2CCCCO2)ccc1N1CCN(Cc2ccccc2)C[C@H]1c1ccc(Cl)cc1.Oc1ccc(N2CCN(Cc3ccccc3)C[C@H]2c2ccc(Cl)cc2)c(F)c1. The number of hydrogen-bond acceptors (Lipinski definition) is 10. The Bertz CT molecular complexity index is 2600. The number of benzene rings is 6. The molecule has 4 fully saturated rings. The van der Waals surface area contributed by atoms with Crippen LogP contribution in [0, 0.1) is 11.6 Å². The van der Waals surface area contributed by atoms with Crippen molar-refractivity contribution < 1.29 is 37.6 Å². The van der Waals surface area contributed by atoms with Crippen molar-refractivity contribution in [1.29, 1.82) is 0 Å². The van der Waals surface area contributed by atoms with Crippen molar-refractivity contribution in [2.24, 2.45) is 0 Å². The van der Waals surface area contributed by atoms with Gasteiger partial charge in [0.2, 0.25) is 0 Å². The average molecular weight is 1150 g/mol. The smallest absolute Gasteiger partial charge is 0.157 e. The monoisotopic (exact) mass is 1140 g/mol. The molecule has 2 unspecified atom stereocenters. The number of piperazine rings is 2. The lowest BCUT2D eigenvalue weighted by molar-refractivity contribution is -0.165. The molecule has 6 aromatic carbocycles. The zero-order valence-corrected chi connectivity index (χ0v) is 45.6. The van der Waals surface area contributed by atoms with Crippen LogP contribution in [0.2, 0.25) is 10.0 Å². The van der Waals surface area contributed by atoms with Gasteiger partial charge in [-0.05, 0) is 109 Å². The first kappa shape index (κ1) is 58.9. The van der Waals surface area contributed by atoms with Crippen LogP contribution in [0.25, 0.3) is 0 Å². The lowest BCUT2D eigenvalue weighted by Crippen LogP contribution is -2.48. The summed E-state index contributed by atoms with van der Waals surface area (Å²) in [6.45, 7) is 9.50. The topological polar surface area (TPSA) is 79.3 Å². The first-order valence-electron chi connectivity index (χ1n) is 26.2. The number of halogens is 5. The van der Waals surface area contributed by atoms with Crippen molar-refractivity contribution in [3.05, 3.63) is 190 Å². The Morgan fingerprint density at radius 2 is 1.03 bits per heavy atom. The van der Waals surface area contributed by atoms with Gasteiger partial charge >= 0.3 is 0 Å². The Morgan fingerprint density at radius 1 is 0.553 bits per heavy atom. The molecule has 4 heterocycles. The van der Waals surface area contributed by atoms with Gasteiger partial charge in [-0.2, -0.15) is 0 Å². The summed E-state index contributed by atoms with van der Waals surface area (Å²) < 4.78 is 57.8. The first-order chi connectivity index (χ1) is 36.7. The molecule has 76 heavy (non-hydrogen) atoms. The summed E-state index contributed by atoms with van der Waals surface area (Å²) in [6.07, 6.45) is 6.54. The van der Waals surface area contributed by atoms with Crippen molar-refractivity contribution in [2.45, 2.75) is 83.7 Å². The van der Waals surface area contributed by atoms with Crippen LogP contribution < -0.4 is 14.5 Å². The third-order valence-electron chi connectivity index (χ3n) is 13.7. The minimum absolute atomic E-state index is 0. The van der Waals surface area contributed by atoms with E-state index in [0.29, 0.717) is 53.5 Å². The van der Waals surface area contributed by atoms with E-state index < -0.39 is 5.82 Å². The average Bonchev–Trinajstić information content (AvgIpc) is 3.44. The zero-order chi connectivity index (χ0) is 52.2. The van der Waals surface area contributed by atoms with E-state index in [0.717, 1.165) is 101 Å². The van der Waals surface area contributed by atoms with Gasteiger partial charge in [-0.15, -0.1) is 0 Å². The van der Waals surface area contributed by atoms with Crippen LogP contribution in [0.1, 0.15) is 80.3 Å². The van der Waals surface area contributed by atoms with E-state index in [9.17, 15) is 9.50 Å². The van der Waals surface area contributed by atoms with Crippen LogP contribution in [-0.2, 0) is 32.0 Å². The molecule has 4 atom stereocenters. The fourth-order valence-electron chi connectivity index (χ4n) is 9.91. The van der Waals surface area contributed by atoms with E-state index in [-0.39, 0.29) is 43.7 Å². The normalized spacial score (nSPS) is 20.1. The van der Waals surface area contributed by atoms with Gasteiger partial charge in [0.25, 0.3) is 0 Å². The molecule has 10 rings (SSSR count). The summed E-state index contributed by atoms with van der Waals surface area (Å²) >= 11 is 15.5. The summed E-state index contributed by atoms with van der Waals surface area (Å²) in [6, 6.07) is 46.0. The van der Waals surface area contributed by atoms with E-state index in [1.54, 1.807) is 6.07 Å². The van der Waals surface area contributed by atoms with E-state index in [1.165, 1.54) is 42.2 Å². The molecule has 4 aliphatic rings. The van der Waals surface area contributed by atoms with Crippen LogP contribution in [0.3, 0.4) is 0 Å². The molecule has 0 aromatic heterocycles. The fourth-order valence-corrected chi connectivity index (χ4v) is 10.3. The second-order valence-corrected chi connectivity index (χ2v) is 20.7. The second kappa shape index (κ2) is 31.0. The molecule has 0 spiro atoms. The Morgan fingerprint density at radius 3 is 1.47 bits per heavy atom. The molecule has 10 nitrogen and oxygen atoms in total. The summed E-state index contributed by atoms with van der Waals surface area (Å²) in [4.78, 5) is 9.06. The minimum Gasteiger partial charge on any atom is -0.508 e. The number of nitrogens with zero attached hydrogens (tertiary/aromatic N) is 4. The van der Waals surface area contributed by atoms with Gasteiger partial charge in [0, 0.05) is 93.1 Å². The summed E-state index contributed by atoms with van der Waals surface area (Å²) in [7, 11) is 0. The van der Waals surface area contributed by atoms with Crippen LogP contribution >= 0.6 is 39.1 Å². The Balaban J connectivity index is 0.000000189. The Kier molecular flexibility index (Phi) is 24.0. The Hall–Kier alpha value is -4.80. The number of phenolic OH excluding ortho intramolecular Hbond substituents is 1. The molecule has 408 valence electrons. The number of hydrogen-bond donors (Lipinski definition) is 1. The lowest BCUT2D eigenvalue weighted by atomic mass is 10.0. The highest BCUT2D eigenvalue weighted by molar-refractivity contribution is 9.09. The van der Waals surface area contributed by atoms with Crippen molar-refractivity contribution in [1.82, 2.24) is 9.80 Å². The molecule has 15 heteroatoms. The highest BCUT2D eigenvalue weighted by Crippen LogP contribution is 2.37. The van der Waals surface area contributed by atoms with Gasteiger partial charge in [0.15, 0.2) is 12.6 Å². The molecule has 0 amide bonds. The van der Waals surface area contributed by atoms with Crippen LogP contribution in [0.4, 0.5) is 20.2 Å². The molecule has 0 bridgehead atoms. The van der Waals surface area contributed by atoms with E-state index in [4.69, 9.17) is 46.9 Å². The van der Waals surface area contributed by atoms with Gasteiger partial charge < -0.3 is 38.6 Å². The number of aromatic hydroxyl groups is 1. The number of rotatable bonds is 16. The van der Waals surface area contributed by atoms with Gasteiger partial charge in [-0.1, -0.05) is 131 Å². The molecule has 4 aliphatic heterocycles. The van der Waals surface area contributed by atoms with Crippen molar-refractivity contribution >= 4 is 50.5 Å². The van der Waals surface area contributed by atoms with E-state index in [1.807, 2.05) is 84.9 Å². The first-order valence-corrected chi connectivity index (χ1v) is 28.1. The highest BCUT2D eigenvalue weighted by atomic mass is 79.9. The molecule has 0 saturated carbocycles. The van der Waals surface area contributed by atoms with Gasteiger partial charge in [0.05, 0.1) is 36.7 Å². The van der Waals surface area contributed by atoms with Gasteiger partial charge in [0.1, 0.15) is 29.7 Å². The molecule has 6 aromatic rings. The van der Waals surface area contributed by atoms with E-state index in [2.05, 4.69) is 71.9 Å². The van der Waals surface area contributed by atoms with Crippen LogP contribution in [0.15, 0.2) is 146 Å². The maximum atomic E-state index is 15.4. The van der Waals surface area contributed by atoms with Crippen molar-refractivity contribution in [3.63, 3.8) is 0 Å². The zero-order valence-electron chi connectivity index (χ0n) is 42.5. The summed E-state index contributed by atoms with van der Waals surface area (Å²) in [5.74, 6) is -0.257. The van der Waals surface area contributed by atoms with Crippen molar-refractivity contribution in [3.8, 4) is 11.5 Å². The number of ether oxygens (including phenoxy) is 5. The predicted molar refractivity (Wildman–Crippen MR) is 306 cm³/mol. The largest absolute Gasteiger partial charge is 0.508 e. The number of anilines is 2. The summed E-state index contributed by atoms with van der Waals surface area (Å²) in [5, 5.41) is 11.8. The fraction of sp³-hybridized carbons (Fsp3) is 0.410. The Labute approximate surface area is 467 Å². The molecular weight excluding hydrogens is 1070 g/mol. The van der Waals surface area contributed by atoms with Gasteiger partial charge in [-0.3, -0.25) is 9.80 Å².